The zero-order valence-corrected chi connectivity index (χ0v) is 10.5. The molecule has 5 heteroatoms. The van der Waals surface area contributed by atoms with Crippen LogP contribution in [0.5, 0.6) is 11.5 Å². The molecule has 2 aromatic carbocycles. The molecule has 0 unspecified atom stereocenters. The van der Waals surface area contributed by atoms with E-state index in [0.717, 1.165) is 0 Å². The molecule has 0 aliphatic carbocycles. The van der Waals surface area contributed by atoms with Gasteiger partial charge in [-0.1, -0.05) is 6.07 Å². The molecule has 0 aromatic heterocycles. The van der Waals surface area contributed by atoms with E-state index in [0.29, 0.717) is 17.0 Å². The summed E-state index contributed by atoms with van der Waals surface area (Å²) in [6.45, 7) is -0.0463. The number of amides is 1. The van der Waals surface area contributed by atoms with Gasteiger partial charge in [0, 0.05) is 17.3 Å². The molecule has 2 aromatic rings. The van der Waals surface area contributed by atoms with Gasteiger partial charge in [-0.25, -0.2) is 0 Å². The third kappa shape index (κ3) is 3.50. The second-order valence-corrected chi connectivity index (χ2v) is 3.98. The summed E-state index contributed by atoms with van der Waals surface area (Å²) < 4.78 is 5.15. The van der Waals surface area contributed by atoms with E-state index in [2.05, 4.69) is 5.32 Å². The predicted molar refractivity (Wildman–Crippen MR) is 73.6 cm³/mol. The van der Waals surface area contributed by atoms with Crippen molar-refractivity contribution >= 4 is 11.6 Å². The lowest BCUT2D eigenvalue weighted by Crippen LogP contribution is -2.11. The number of carbonyl (C=O) groups excluding carboxylic acids is 1. The monoisotopic (exact) mass is 268 g/mol. The molecule has 0 radical (unpaired) electrons. The Morgan fingerprint density at radius 3 is 2.70 bits per heavy atom. The van der Waals surface area contributed by atoms with E-state index in [4.69, 9.17) is 10.00 Å². The summed E-state index contributed by atoms with van der Waals surface area (Å²) in [5, 5.41) is 20.3. The highest BCUT2D eigenvalue weighted by Crippen LogP contribution is 2.18. The molecular weight excluding hydrogens is 256 g/mol. The topological polar surface area (TPSA) is 82.3 Å². The van der Waals surface area contributed by atoms with Gasteiger partial charge in [-0.05, 0) is 36.4 Å². The van der Waals surface area contributed by atoms with Crippen LogP contribution in [0.4, 0.5) is 5.69 Å². The van der Waals surface area contributed by atoms with Crippen LogP contribution >= 0.6 is 0 Å². The standard InChI is InChI=1S/C15H12N2O3/c16-8-9-20-14-3-1-2-12(10-14)17-15(19)11-4-6-13(18)7-5-11/h1-7,10,18H,9H2,(H,17,19). The largest absolute Gasteiger partial charge is 0.508 e. The van der Waals surface area contributed by atoms with Crippen molar-refractivity contribution in [2.24, 2.45) is 0 Å². The van der Waals surface area contributed by atoms with E-state index >= 15 is 0 Å². The Kier molecular flexibility index (Phi) is 4.20. The summed E-state index contributed by atoms with van der Waals surface area (Å²) >= 11 is 0. The summed E-state index contributed by atoms with van der Waals surface area (Å²) in [6, 6.07) is 14.6. The third-order valence-corrected chi connectivity index (χ3v) is 2.52. The number of phenolic OH excluding ortho intramolecular Hbond substituents is 1. The number of nitrogens with zero attached hydrogens (tertiary/aromatic N) is 1. The van der Waals surface area contributed by atoms with Crippen LogP contribution in [0.3, 0.4) is 0 Å². The van der Waals surface area contributed by atoms with Crippen LogP contribution in [0.25, 0.3) is 0 Å². The lowest BCUT2D eigenvalue weighted by atomic mass is 10.2. The SMILES string of the molecule is N#CCOc1cccc(NC(=O)c2ccc(O)cc2)c1. The number of anilines is 1. The molecule has 0 bridgehead atoms. The van der Waals surface area contributed by atoms with Crippen LogP contribution in [-0.4, -0.2) is 17.6 Å². The van der Waals surface area contributed by atoms with Crippen LogP contribution in [0.1, 0.15) is 10.4 Å². The van der Waals surface area contributed by atoms with E-state index < -0.39 is 0 Å². The Balaban J connectivity index is 2.07. The number of hydrogen-bond donors (Lipinski definition) is 2. The van der Waals surface area contributed by atoms with Crippen molar-refractivity contribution in [1.82, 2.24) is 0 Å². The lowest BCUT2D eigenvalue weighted by molar-refractivity contribution is 0.102. The minimum Gasteiger partial charge on any atom is -0.508 e. The van der Waals surface area contributed by atoms with Crippen molar-refractivity contribution in [3.05, 3.63) is 54.1 Å². The third-order valence-electron chi connectivity index (χ3n) is 2.52. The first-order chi connectivity index (χ1) is 9.69. The Labute approximate surface area is 116 Å². The molecule has 0 saturated carbocycles. The predicted octanol–water partition coefficient (Wildman–Crippen LogP) is 2.55. The first-order valence-electron chi connectivity index (χ1n) is 5.89. The molecule has 0 fully saturated rings. The fourth-order valence-corrected chi connectivity index (χ4v) is 1.60. The van der Waals surface area contributed by atoms with Crippen molar-refractivity contribution in [1.29, 1.82) is 5.26 Å². The van der Waals surface area contributed by atoms with Gasteiger partial charge < -0.3 is 15.2 Å². The van der Waals surface area contributed by atoms with Gasteiger partial charge in [-0.15, -0.1) is 0 Å². The van der Waals surface area contributed by atoms with Crippen LogP contribution in [0, 0.1) is 11.3 Å². The number of benzene rings is 2. The summed E-state index contributed by atoms with van der Waals surface area (Å²) in [6.07, 6.45) is 0. The fourth-order valence-electron chi connectivity index (χ4n) is 1.60. The van der Waals surface area contributed by atoms with Crippen molar-refractivity contribution in [2.75, 3.05) is 11.9 Å². The number of ether oxygens (including phenoxy) is 1. The van der Waals surface area contributed by atoms with Gasteiger partial charge in [0.1, 0.15) is 17.6 Å². The van der Waals surface area contributed by atoms with Crippen molar-refractivity contribution in [3.63, 3.8) is 0 Å². The van der Waals surface area contributed by atoms with Crippen LogP contribution in [-0.2, 0) is 0 Å². The molecule has 2 rings (SSSR count). The van der Waals surface area contributed by atoms with Crippen LogP contribution < -0.4 is 10.1 Å². The zero-order chi connectivity index (χ0) is 14.4. The highest BCUT2D eigenvalue weighted by molar-refractivity contribution is 6.04. The van der Waals surface area contributed by atoms with E-state index in [9.17, 15) is 9.90 Å². The summed E-state index contributed by atoms with van der Waals surface area (Å²) in [5.74, 6) is 0.325. The normalized spacial score (nSPS) is 9.55. The molecule has 0 aliphatic rings. The number of nitrogens with one attached hydrogen (secondary N) is 1. The fraction of sp³-hybridized carbons (Fsp3) is 0.0667. The first kappa shape index (κ1) is 13.4. The number of rotatable bonds is 4. The number of aromatic hydroxyl groups is 1. The maximum absolute atomic E-state index is 12.0. The maximum Gasteiger partial charge on any atom is 0.255 e. The number of carbonyl (C=O) groups is 1. The summed E-state index contributed by atoms with van der Waals surface area (Å²) in [5.41, 5.74) is 1.00. The average Bonchev–Trinajstić information content (AvgIpc) is 2.46. The smallest absolute Gasteiger partial charge is 0.255 e. The highest BCUT2D eigenvalue weighted by atomic mass is 16.5. The number of nitriles is 1. The Hall–Kier alpha value is -3.00. The van der Waals surface area contributed by atoms with Crippen LogP contribution in [0.15, 0.2) is 48.5 Å². The molecule has 2 N–H and O–H groups in total. The molecular formula is C15H12N2O3. The Morgan fingerprint density at radius 2 is 2.00 bits per heavy atom. The molecule has 20 heavy (non-hydrogen) atoms. The Bertz CT molecular complexity index is 645. The van der Waals surface area contributed by atoms with Crippen LogP contribution in [0.2, 0.25) is 0 Å². The van der Waals surface area contributed by atoms with Crippen molar-refractivity contribution < 1.29 is 14.6 Å². The van der Waals surface area contributed by atoms with E-state index in [1.807, 2.05) is 6.07 Å². The first-order valence-corrected chi connectivity index (χ1v) is 5.89. The molecule has 0 saturated heterocycles. The Morgan fingerprint density at radius 1 is 1.25 bits per heavy atom. The molecule has 100 valence electrons. The zero-order valence-electron chi connectivity index (χ0n) is 10.5. The van der Waals surface area contributed by atoms with Gasteiger partial charge in [-0.2, -0.15) is 5.26 Å². The van der Waals surface area contributed by atoms with E-state index in [-0.39, 0.29) is 18.3 Å². The van der Waals surface area contributed by atoms with Gasteiger partial charge in [0.05, 0.1) is 0 Å². The maximum atomic E-state index is 12.0. The van der Waals surface area contributed by atoms with E-state index in [1.54, 1.807) is 24.3 Å². The molecule has 1 amide bonds. The average molecular weight is 268 g/mol. The highest BCUT2D eigenvalue weighted by Gasteiger charge is 2.06. The minimum atomic E-state index is -0.289. The van der Waals surface area contributed by atoms with Crippen molar-refractivity contribution in [2.45, 2.75) is 0 Å². The number of phenols is 1. The molecule has 0 atom stereocenters. The summed E-state index contributed by atoms with van der Waals surface area (Å²) in [4.78, 5) is 12.0. The minimum absolute atomic E-state index is 0.0463. The second kappa shape index (κ2) is 6.25. The van der Waals surface area contributed by atoms with Gasteiger partial charge in [0.2, 0.25) is 0 Å². The molecule has 5 nitrogen and oxygen atoms in total. The second-order valence-electron chi connectivity index (χ2n) is 3.98. The lowest BCUT2D eigenvalue weighted by Gasteiger charge is -2.07. The van der Waals surface area contributed by atoms with Gasteiger partial charge >= 0.3 is 0 Å². The number of hydrogen-bond acceptors (Lipinski definition) is 4. The molecule has 0 heterocycles. The quantitative estimate of drug-likeness (QED) is 0.892. The molecule has 0 aliphatic heterocycles. The van der Waals surface area contributed by atoms with Gasteiger partial charge in [0.15, 0.2) is 6.61 Å². The van der Waals surface area contributed by atoms with Gasteiger partial charge in [0.25, 0.3) is 5.91 Å². The van der Waals surface area contributed by atoms with E-state index in [1.165, 1.54) is 24.3 Å². The van der Waals surface area contributed by atoms with Crippen molar-refractivity contribution in [3.8, 4) is 17.6 Å². The molecule has 0 spiro atoms. The van der Waals surface area contributed by atoms with Gasteiger partial charge in [-0.3, -0.25) is 4.79 Å². The summed E-state index contributed by atoms with van der Waals surface area (Å²) in [7, 11) is 0.